The summed E-state index contributed by atoms with van der Waals surface area (Å²) in [5.74, 6) is -0.750. The number of pyridine rings is 1. The first-order chi connectivity index (χ1) is 13.8. The Hall–Kier alpha value is -3.30. The van der Waals surface area contributed by atoms with Crippen LogP contribution in [0.1, 0.15) is 10.4 Å². The van der Waals surface area contributed by atoms with Crippen LogP contribution in [0.15, 0.2) is 48.7 Å². The second kappa shape index (κ2) is 8.80. The van der Waals surface area contributed by atoms with E-state index in [1.807, 2.05) is 18.2 Å². The fraction of sp³-hybridized carbons (Fsp3) is 0.316. The lowest BCUT2D eigenvalue weighted by Gasteiger charge is -2.35. The lowest BCUT2D eigenvalue weighted by Crippen LogP contribution is -2.50. The highest BCUT2D eigenvalue weighted by molar-refractivity contribution is 5.91. The number of carbonyl (C=O) groups excluding carboxylic acids is 2. The Morgan fingerprint density at radius 3 is 2.28 bits per heavy atom. The zero-order valence-corrected chi connectivity index (χ0v) is 15.3. The smallest absolute Gasteiger partial charge is 0.452 e. The van der Waals surface area contributed by atoms with Crippen molar-refractivity contribution in [1.29, 1.82) is 0 Å². The van der Waals surface area contributed by atoms with Gasteiger partial charge in [-0.05, 0) is 36.4 Å². The van der Waals surface area contributed by atoms with Crippen molar-refractivity contribution in [3.05, 3.63) is 54.2 Å². The van der Waals surface area contributed by atoms with Gasteiger partial charge < -0.3 is 19.3 Å². The third-order valence-electron chi connectivity index (χ3n) is 4.26. The van der Waals surface area contributed by atoms with Crippen molar-refractivity contribution in [3.63, 3.8) is 0 Å². The third-order valence-corrected chi connectivity index (χ3v) is 4.26. The summed E-state index contributed by atoms with van der Waals surface area (Å²) in [5.41, 5.74) is 0.0206. The number of anilines is 1. The predicted molar refractivity (Wildman–Crippen MR) is 96.4 cm³/mol. The number of piperazine rings is 1. The van der Waals surface area contributed by atoms with Crippen molar-refractivity contribution in [1.82, 2.24) is 9.88 Å². The van der Waals surface area contributed by atoms with Gasteiger partial charge in [0.1, 0.15) is 11.6 Å². The van der Waals surface area contributed by atoms with Gasteiger partial charge in [-0.15, -0.1) is 13.2 Å². The summed E-state index contributed by atoms with van der Waals surface area (Å²) < 4.78 is 45.1. The van der Waals surface area contributed by atoms with Crippen LogP contribution in [0.2, 0.25) is 0 Å². The molecule has 1 saturated heterocycles. The van der Waals surface area contributed by atoms with Crippen LogP contribution in [0.3, 0.4) is 0 Å². The van der Waals surface area contributed by atoms with Crippen LogP contribution >= 0.6 is 0 Å². The van der Waals surface area contributed by atoms with Gasteiger partial charge in [0.2, 0.25) is 0 Å². The van der Waals surface area contributed by atoms with Crippen molar-refractivity contribution in [3.8, 4) is 5.75 Å². The van der Waals surface area contributed by atoms with E-state index >= 15 is 0 Å². The minimum atomic E-state index is -4.81. The summed E-state index contributed by atoms with van der Waals surface area (Å²) in [6.45, 7) is 1.71. The molecule has 0 spiro atoms. The lowest BCUT2D eigenvalue weighted by molar-refractivity contribution is -0.274. The van der Waals surface area contributed by atoms with E-state index in [0.29, 0.717) is 26.2 Å². The second-order valence-electron chi connectivity index (χ2n) is 6.20. The first kappa shape index (κ1) is 20.4. The molecule has 1 amide bonds. The number of hydrogen-bond acceptors (Lipinski definition) is 6. The van der Waals surface area contributed by atoms with Gasteiger partial charge in [0, 0.05) is 32.4 Å². The molecule has 1 aliphatic rings. The van der Waals surface area contributed by atoms with Gasteiger partial charge >= 0.3 is 12.3 Å². The summed E-state index contributed by atoms with van der Waals surface area (Å²) in [4.78, 5) is 32.2. The Kier molecular flexibility index (Phi) is 6.20. The van der Waals surface area contributed by atoms with Gasteiger partial charge in [-0.3, -0.25) is 4.79 Å². The van der Waals surface area contributed by atoms with Gasteiger partial charge in [-0.2, -0.15) is 0 Å². The van der Waals surface area contributed by atoms with E-state index in [9.17, 15) is 22.8 Å². The molecule has 0 atom stereocenters. The zero-order valence-electron chi connectivity index (χ0n) is 15.3. The molecule has 0 radical (unpaired) electrons. The van der Waals surface area contributed by atoms with Crippen molar-refractivity contribution in [2.75, 3.05) is 37.7 Å². The normalized spacial score (nSPS) is 14.4. The molecule has 2 aromatic rings. The van der Waals surface area contributed by atoms with E-state index in [1.165, 1.54) is 0 Å². The molecule has 1 aliphatic heterocycles. The van der Waals surface area contributed by atoms with Crippen LogP contribution in [-0.2, 0) is 9.53 Å². The lowest BCUT2D eigenvalue weighted by atomic mass is 10.2. The number of ether oxygens (including phenoxy) is 2. The maximum atomic E-state index is 12.3. The van der Waals surface area contributed by atoms with Gasteiger partial charge in [-0.25, -0.2) is 9.78 Å². The molecule has 0 aliphatic carbocycles. The topological polar surface area (TPSA) is 72.0 Å². The quantitative estimate of drug-likeness (QED) is 0.707. The summed E-state index contributed by atoms with van der Waals surface area (Å²) in [6.07, 6.45) is -3.11. The number of carbonyl (C=O) groups is 2. The van der Waals surface area contributed by atoms with E-state index in [1.54, 1.807) is 11.1 Å². The molecule has 0 N–H and O–H groups in total. The number of amides is 1. The van der Waals surface area contributed by atoms with E-state index in [-0.39, 0.29) is 11.5 Å². The summed E-state index contributed by atoms with van der Waals surface area (Å²) >= 11 is 0. The molecule has 29 heavy (non-hydrogen) atoms. The SMILES string of the molecule is O=C(OCC(=O)N1CCN(c2ccccn2)CC1)c1ccc(OC(F)(F)F)cc1. The standard InChI is InChI=1S/C19H18F3N3O4/c20-19(21,22)29-15-6-4-14(5-7-15)18(27)28-13-17(26)25-11-9-24(10-12-25)16-3-1-2-8-23-16/h1-8H,9-13H2. The van der Waals surface area contributed by atoms with E-state index in [4.69, 9.17) is 4.74 Å². The Morgan fingerprint density at radius 1 is 1.00 bits per heavy atom. The van der Waals surface area contributed by atoms with Crippen molar-refractivity contribution >= 4 is 17.7 Å². The summed E-state index contributed by atoms with van der Waals surface area (Å²) in [6, 6.07) is 9.89. The molecule has 10 heteroatoms. The maximum absolute atomic E-state index is 12.3. The van der Waals surface area contributed by atoms with Crippen LogP contribution in [0, 0.1) is 0 Å². The van der Waals surface area contributed by atoms with Gasteiger partial charge in [0.05, 0.1) is 5.56 Å². The van der Waals surface area contributed by atoms with E-state index < -0.39 is 24.7 Å². The maximum Gasteiger partial charge on any atom is 0.573 e. The molecule has 1 aromatic carbocycles. The number of alkyl halides is 3. The van der Waals surface area contributed by atoms with Crippen molar-refractivity contribution in [2.45, 2.75) is 6.36 Å². The molecular formula is C19H18F3N3O4. The molecule has 0 saturated carbocycles. The Balaban J connectivity index is 1.45. The predicted octanol–water partition coefficient (Wildman–Crippen LogP) is 2.49. The number of aromatic nitrogens is 1. The Labute approximate surface area is 164 Å². The summed E-state index contributed by atoms with van der Waals surface area (Å²) in [7, 11) is 0. The molecule has 154 valence electrons. The largest absolute Gasteiger partial charge is 0.573 e. The number of rotatable bonds is 5. The number of hydrogen-bond donors (Lipinski definition) is 0. The highest BCUT2D eigenvalue weighted by Crippen LogP contribution is 2.23. The molecule has 7 nitrogen and oxygen atoms in total. The number of esters is 1. The molecule has 1 aromatic heterocycles. The first-order valence-corrected chi connectivity index (χ1v) is 8.78. The van der Waals surface area contributed by atoms with Crippen LogP contribution in [0.4, 0.5) is 19.0 Å². The monoisotopic (exact) mass is 409 g/mol. The summed E-state index contributed by atoms with van der Waals surface area (Å²) in [5, 5.41) is 0. The minimum Gasteiger partial charge on any atom is -0.452 e. The van der Waals surface area contributed by atoms with Gasteiger partial charge in [-0.1, -0.05) is 6.07 Å². The molecule has 0 unspecified atom stereocenters. The average molecular weight is 409 g/mol. The highest BCUT2D eigenvalue weighted by atomic mass is 19.4. The number of halogens is 3. The number of nitrogens with zero attached hydrogens (tertiary/aromatic N) is 3. The van der Waals surface area contributed by atoms with Crippen LogP contribution < -0.4 is 9.64 Å². The molecule has 2 heterocycles. The van der Waals surface area contributed by atoms with Crippen LogP contribution in [0.25, 0.3) is 0 Å². The van der Waals surface area contributed by atoms with Crippen molar-refractivity contribution in [2.24, 2.45) is 0 Å². The molecule has 3 rings (SSSR count). The van der Waals surface area contributed by atoms with Crippen LogP contribution in [0.5, 0.6) is 5.75 Å². The highest BCUT2D eigenvalue weighted by Gasteiger charge is 2.31. The van der Waals surface area contributed by atoms with E-state index in [0.717, 1.165) is 30.1 Å². The molecule has 1 fully saturated rings. The Morgan fingerprint density at radius 2 is 1.69 bits per heavy atom. The second-order valence-corrected chi connectivity index (χ2v) is 6.20. The fourth-order valence-corrected chi connectivity index (χ4v) is 2.82. The Bertz CT molecular complexity index is 836. The number of benzene rings is 1. The zero-order chi connectivity index (χ0) is 20.9. The van der Waals surface area contributed by atoms with Crippen LogP contribution in [-0.4, -0.2) is 60.9 Å². The molecule has 0 bridgehead atoms. The van der Waals surface area contributed by atoms with Gasteiger partial charge in [0.15, 0.2) is 6.61 Å². The average Bonchev–Trinajstić information content (AvgIpc) is 2.72. The minimum absolute atomic E-state index is 0.0206. The third kappa shape index (κ3) is 5.84. The fourth-order valence-electron chi connectivity index (χ4n) is 2.82. The first-order valence-electron chi connectivity index (χ1n) is 8.78. The molecular weight excluding hydrogens is 391 g/mol. The van der Waals surface area contributed by atoms with E-state index in [2.05, 4.69) is 14.6 Å². The van der Waals surface area contributed by atoms with Crippen molar-refractivity contribution < 1.29 is 32.2 Å². The van der Waals surface area contributed by atoms with Gasteiger partial charge in [0.25, 0.3) is 5.91 Å².